The van der Waals surface area contributed by atoms with E-state index in [4.69, 9.17) is 17.3 Å². The van der Waals surface area contributed by atoms with Crippen LogP contribution in [0.25, 0.3) is 0 Å². The zero-order valence-corrected chi connectivity index (χ0v) is 10.5. The van der Waals surface area contributed by atoms with Gasteiger partial charge in [-0.15, -0.1) is 0 Å². The van der Waals surface area contributed by atoms with E-state index in [0.717, 1.165) is 18.0 Å². The number of hydrogen-bond donors (Lipinski definition) is 2. The average Bonchev–Trinajstić information content (AvgIpc) is 2.15. The maximum atomic E-state index is 5.82. The minimum Gasteiger partial charge on any atom is -0.399 e. The highest BCUT2D eigenvalue weighted by molar-refractivity contribution is 7.98. The van der Waals surface area contributed by atoms with E-state index < -0.39 is 0 Å². The number of thioether (sulfide) groups is 1. The van der Waals surface area contributed by atoms with E-state index in [2.05, 4.69) is 23.5 Å². The third kappa shape index (κ3) is 4.18. The summed E-state index contributed by atoms with van der Waals surface area (Å²) in [5.41, 5.74) is 6.32. The van der Waals surface area contributed by atoms with Crippen LogP contribution < -0.4 is 11.1 Å². The van der Waals surface area contributed by atoms with Crippen molar-refractivity contribution in [2.24, 2.45) is 0 Å². The second-order valence-corrected chi connectivity index (χ2v) is 4.61. The van der Waals surface area contributed by atoms with Gasteiger partial charge >= 0.3 is 0 Å². The van der Waals surface area contributed by atoms with E-state index in [1.807, 2.05) is 11.8 Å². The number of aromatic nitrogens is 1. The van der Waals surface area contributed by atoms with Crippen LogP contribution in [0.4, 0.5) is 11.5 Å². The highest BCUT2D eigenvalue weighted by Crippen LogP contribution is 2.17. The molecule has 0 aliphatic heterocycles. The largest absolute Gasteiger partial charge is 0.399 e. The number of anilines is 2. The van der Waals surface area contributed by atoms with Gasteiger partial charge in [-0.3, -0.25) is 0 Å². The van der Waals surface area contributed by atoms with Gasteiger partial charge in [-0.2, -0.15) is 11.8 Å². The number of nitrogens with two attached hydrogens (primary N) is 1. The predicted octanol–water partition coefficient (Wildman–Crippen LogP) is 2.87. The van der Waals surface area contributed by atoms with Gasteiger partial charge in [0.25, 0.3) is 0 Å². The number of nitrogens with one attached hydrogen (secondary N) is 1. The van der Waals surface area contributed by atoms with Gasteiger partial charge in [0.05, 0.1) is 0 Å². The van der Waals surface area contributed by atoms with E-state index in [1.165, 1.54) is 0 Å². The molecular formula is C10H16ClN3S. The lowest BCUT2D eigenvalue weighted by molar-refractivity contribution is 0.770. The predicted molar refractivity (Wildman–Crippen MR) is 69.7 cm³/mol. The molecule has 0 aliphatic rings. The molecule has 0 saturated heterocycles. The highest BCUT2D eigenvalue weighted by atomic mass is 35.5. The zero-order valence-electron chi connectivity index (χ0n) is 8.96. The van der Waals surface area contributed by atoms with Crippen molar-refractivity contribution in [2.75, 3.05) is 23.1 Å². The van der Waals surface area contributed by atoms with Gasteiger partial charge in [0.2, 0.25) is 0 Å². The Morgan fingerprint density at radius 2 is 2.33 bits per heavy atom. The molecule has 3 N–H and O–H groups in total. The molecule has 15 heavy (non-hydrogen) atoms. The summed E-state index contributed by atoms with van der Waals surface area (Å²) in [7, 11) is 0. The summed E-state index contributed by atoms with van der Waals surface area (Å²) in [4.78, 5) is 4.17. The molecule has 0 amide bonds. The van der Waals surface area contributed by atoms with Crippen LogP contribution in [-0.4, -0.2) is 23.0 Å². The summed E-state index contributed by atoms with van der Waals surface area (Å²) in [6.45, 7) is 2.14. The molecule has 84 valence electrons. The van der Waals surface area contributed by atoms with Gasteiger partial charge in [-0.05, 0) is 18.7 Å². The fraction of sp³-hybridized carbons (Fsp3) is 0.500. The first-order valence-electron chi connectivity index (χ1n) is 4.84. The van der Waals surface area contributed by atoms with Crippen molar-refractivity contribution in [1.82, 2.24) is 4.98 Å². The van der Waals surface area contributed by atoms with E-state index in [0.29, 0.717) is 16.9 Å². The summed E-state index contributed by atoms with van der Waals surface area (Å²) < 4.78 is 0. The first kappa shape index (κ1) is 12.5. The van der Waals surface area contributed by atoms with Crippen molar-refractivity contribution in [3.63, 3.8) is 0 Å². The molecule has 1 heterocycles. The summed E-state index contributed by atoms with van der Waals surface area (Å²) in [5, 5.41) is 3.74. The van der Waals surface area contributed by atoms with Gasteiger partial charge < -0.3 is 11.1 Å². The van der Waals surface area contributed by atoms with Gasteiger partial charge in [-0.25, -0.2) is 4.98 Å². The standard InChI is InChI=1S/C10H16ClN3S/c1-3-8(6-15-2)13-10-5-7(12)4-9(11)14-10/h4-5,8H,3,6H2,1-2H3,(H3,12,13,14). The lowest BCUT2D eigenvalue weighted by atomic mass is 10.2. The first-order chi connectivity index (χ1) is 7.15. The summed E-state index contributed by atoms with van der Waals surface area (Å²) in [6, 6.07) is 3.85. The van der Waals surface area contributed by atoms with Crippen LogP contribution >= 0.6 is 23.4 Å². The molecular weight excluding hydrogens is 230 g/mol. The Morgan fingerprint density at radius 1 is 1.60 bits per heavy atom. The molecule has 1 aromatic heterocycles. The van der Waals surface area contributed by atoms with Gasteiger partial charge in [-0.1, -0.05) is 18.5 Å². The van der Waals surface area contributed by atoms with E-state index >= 15 is 0 Å². The van der Waals surface area contributed by atoms with Crippen molar-refractivity contribution in [1.29, 1.82) is 0 Å². The van der Waals surface area contributed by atoms with Gasteiger partial charge in [0.1, 0.15) is 11.0 Å². The highest BCUT2D eigenvalue weighted by Gasteiger charge is 2.06. The fourth-order valence-electron chi connectivity index (χ4n) is 1.26. The Morgan fingerprint density at radius 3 is 2.87 bits per heavy atom. The summed E-state index contributed by atoms with van der Waals surface area (Å²) >= 11 is 7.62. The third-order valence-corrected chi connectivity index (χ3v) is 2.96. The van der Waals surface area contributed by atoms with Crippen molar-refractivity contribution in [2.45, 2.75) is 19.4 Å². The van der Waals surface area contributed by atoms with Crippen LogP contribution in [-0.2, 0) is 0 Å². The van der Waals surface area contributed by atoms with Crippen molar-refractivity contribution in [3.8, 4) is 0 Å². The zero-order chi connectivity index (χ0) is 11.3. The Hall–Kier alpha value is -0.610. The minimum absolute atomic E-state index is 0.408. The van der Waals surface area contributed by atoms with E-state index in [-0.39, 0.29) is 0 Å². The number of hydrogen-bond acceptors (Lipinski definition) is 4. The number of nitrogens with zero attached hydrogens (tertiary/aromatic N) is 1. The molecule has 3 nitrogen and oxygen atoms in total. The number of rotatable bonds is 5. The Kier molecular flexibility index (Phi) is 5.05. The monoisotopic (exact) mass is 245 g/mol. The van der Waals surface area contributed by atoms with Crippen molar-refractivity contribution in [3.05, 3.63) is 17.3 Å². The second kappa shape index (κ2) is 6.08. The molecule has 0 aromatic carbocycles. The van der Waals surface area contributed by atoms with Crippen LogP contribution in [0, 0.1) is 0 Å². The van der Waals surface area contributed by atoms with Crippen LogP contribution in [0.1, 0.15) is 13.3 Å². The quantitative estimate of drug-likeness (QED) is 0.784. The number of nitrogen functional groups attached to an aromatic ring is 1. The average molecular weight is 246 g/mol. The topological polar surface area (TPSA) is 50.9 Å². The fourth-order valence-corrected chi connectivity index (χ4v) is 2.20. The Bertz CT molecular complexity index is 299. The normalized spacial score (nSPS) is 12.5. The van der Waals surface area contributed by atoms with Gasteiger partial charge in [0.15, 0.2) is 0 Å². The molecule has 1 unspecified atom stereocenters. The summed E-state index contributed by atoms with van der Waals surface area (Å²) in [5.74, 6) is 1.80. The Balaban J connectivity index is 2.69. The molecule has 0 spiro atoms. The molecule has 0 radical (unpaired) electrons. The Labute approximate surface area is 99.8 Å². The summed E-state index contributed by atoms with van der Waals surface area (Å²) in [6.07, 6.45) is 3.14. The first-order valence-corrected chi connectivity index (χ1v) is 6.61. The molecule has 0 aliphatic carbocycles. The molecule has 5 heteroatoms. The molecule has 1 rings (SSSR count). The molecule has 0 fully saturated rings. The second-order valence-electron chi connectivity index (χ2n) is 3.31. The van der Waals surface area contributed by atoms with E-state index in [9.17, 15) is 0 Å². The lowest BCUT2D eigenvalue weighted by Gasteiger charge is -2.16. The van der Waals surface area contributed by atoms with Gasteiger partial charge in [0, 0.05) is 23.5 Å². The molecule has 0 saturated carbocycles. The molecule has 0 bridgehead atoms. The minimum atomic E-state index is 0.408. The molecule has 1 aromatic rings. The van der Waals surface area contributed by atoms with E-state index in [1.54, 1.807) is 12.1 Å². The van der Waals surface area contributed by atoms with Crippen LogP contribution in [0.5, 0.6) is 0 Å². The third-order valence-electron chi connectivity index (χ3n) is 2.03. The van der Waals surface area contributed by atoms with Crippen LogP contribution in [0.2, 0.25) is 5.15 Å². The van der Waals surface area contributed by atoms with Crippen molar-refractivity contribution < 1.29 is 0 Å². The van der Waals surface area contributed by atoms with Crippen LogP contribution in [0.3, 0.4) is 0 Å². The van der Waals surface area contributed by atoms with Crippen molar-refractivity contribution >= 4 is 34.9 Å². The SMILES string of the molecule is CCC(CSC)Nc1cc(N)cc(Cl)n1. The molecule has 1 atom stereocenters. The number of halogens is 1. The lowest BCUT2D eigenvalue weighted by Crippen LogP contribution is -2.21. The smallest absolute Gasteiger partial charge is 0.133 e. The maximum Gasteiger partial charge on any atom is 0.133 e. The maximum absolute atomic E-state index is 5.82. The van der Waals surface area contributed by atoms with Crippen LogP contribution in [0.15, 0.2) is 12.1 Å². The number of pyridine rings is 1.